The van der Waals surface area contributed by atoms with Crippen molar-refractivity contribution in [1.82, 2.24) is 9.88 Å². The molecule has 0 fully saturated rings. The molecule has 1 heterocycles. The average molecular weight is 221 g/mol. The van der Waals surface area contributed by atoms with Crippen molar-refractivity contribution in [3.8, 4) is 0 Å². The Balaban J connectivity index is 2.78. The van der Waals surface area contributed by atoms with Crippen LogP contribution in [0.25, 0.3) is 0 Å². The van der Waals surface area contributed by atoms with Crippen molar-refractivity contribution in [3.05, 3.63) is 23.9 Å². The normalized spacial score (nSPS) is 11.2. The topological polar surface area (TPSA) is 59.2 Å². The van der Waals surface area contributed by atoms with Crippen LogP contribution in [0.1, 0.15) is 31.1 Å². The zero-order valence-electron chi connectivity index (χ0n) is 10.3. The highest BCUT2D eigenvalue weighted by atomic mass is 16.2. The summed E-state index contributed by atoms with van der Waals surface area (Å²) < 4.78 is 0. The fraction of sp³-hybridized carbons (Fsp3) is 0.500. The lowest BCUT2D eigenvalue weighted by atomic mass is 9.96. The summed E-state index contributed by atoms with van der Waals surface area (Å²) >= 11 is 0. The standard InChI is InChI=1S/C12H19N3O/c1-12(2,3)8-15(4)11(16)9-5-6-14-10(13)7-9/h5-7H,8H2,1-4H3,(H2,13,14). The monoisotopic (exact) mass is 221 g/mol. The van der Waals surface area contributed by atoms with E-state index in [4.69, 9.17) is 5.73 Å². The van der Waals surface area contributed by atoms with Gasteiger partial charge in [-0.25, -0.2) is 4.98 Å². The Hall–Kier alpha value is -1.58. The van der Waals surface area contributed by atoms with Gasteiger partial charge < -0.3 is 10.6 Å². The minimum absolute atomic E-state index is 0.0241. The zero-order valence-corrected chi connectivity index (χ0v) is 10.3. The molecule has 0 aromatic carbocycles. The van der Waals surface area contributed by atoms with Crippen molar-refractivity contribution in [3.63, 3.8) is 0 Å². The molecule has 0 aliphatic rings. The molecule has 0 saturated heterocycles. The van der Waals surface area contributed by atoms with E-state index in [0.717, 1.165) is 0 Å². The van der Waals surface area contributed by atoms with E-state index in [9.17, 15) is 4.79 Å². The summed E-state index contributed by atoms with van der Waals surface area (Å²) in [5, 5.41) is 0. The van der Waals surface area contributed by atoms with Crippen molar-refractivity contribution >= 4 is 11.7 Å². The number of nitrogens with zero attached hydrogens (tertiary/aromatic N) is 2. The first-order valence-corrected chi connectivity index (χ1v) is 5.26. The number of aromatic nitrogens is 1. The highest BCUT2D eigenvalue weighted by Crippen LogP contribution is 2.16. The first-order valence-electron chi connectivity index (χ1n) is 5.26. The Morgan fingerprint density at radius 1 is 1.50 bits per heavy atom. The third-order valence-corrected chi connectivity index (χ3v) is 2.09. The maximum atomic E-state index is 12.0. The summed E-state index contributed by atoms with van der Waals surface area (Å²) in [5.41, 5.74) is 6.21. The van der Waals surface area contributed by atoms with E-state index in [1.807, 2.05) is 0 Å². The van der Waals surface area contributed by atoms with Gasteiger partial charge in [-0.15, -0.1) is 0 Å². The lowest BCUT2D eigenvalue weighted by Crippen LogP contribution is -2.34. The predicted molar refractivity (Wildman–Crippen MR) is 65.1 cm³/mol. The Labute approximate surface area is 96.5 Å². The third-order valence-electron chi connectivity index (χ3n) is 2.09. The molecule has 4 nitrogen and oxygen atoms in total. The summed E-state index contributed by atoms with van der Waals surface area (Å²) in [4.78, 5) is 17.6. The van der Waals surface area contributed by atoms with Crippen LogP contribution < -0.4 is 5.73 Å². The van der Waals surface area contributed by atoms with Gasteiger partial charge in [-0.05, 0) is 17.5 Å². The molecule has 0 aliphatic heterocycles. The summed E-state index contributed by atoms with van der Waals surface area (Å²) in [6, 6.07) is 3.28. The number of rotatable bonds is 2. The van der Waals surface area contributed by atoms with E-state index in [1.54, 1.807) is 30.3 Å². The minimum Gasteiger partial charge on any atom is -0.384 e. The molecule has 0 aliphatic carbocycles. The number of pyridine rings is 1. The molecule has 0 saturated carbocycles. The lowest BCUT2D eigenvalue weighted by Gasteiger charge is -2.26. The quantitative estimate of drug-likeness (QED) is 0.828. The predicted octanol–water partition coefficient (Wildman–Crippen LogP) is 1.78. The Morgan fingerprint density at radius 2 is 2.12 bits per heavy atom. The maximum absolute atomic E-state index is 12.0. The fourth-order valence-corrected chi connectivity index (χ4v) is 1.59. The van der Waals surface area contributed by atoms with Crippen LogP contribution in [0.4, 0.5) is 5.82 Å². The van der Waals surface area contributed by atoms with Crippen LogP contribution in [-0.2, 0) is 0 Å². The summed E-state index contributed by atoms with van der Waals surface area (Å²) in [5.74, 6) is 0.346. The Morgan fingerprint density at radius 3 is 2.62 bits per heavy atom. The third kappa shape index (κ3) is 3.53. The van der Waals surface area contributed by atoms with E-state index in [2.05, 4.69) is 25.8 Å². The molecule has 0 spiro atoms. The molecular formula is C12H19N3O. The van der Waals surface area contributed by atoms with Crippen LogP contribution in [0, 0.1) is 5.41 Å². The van der Waals surface area contributed by atoms with Crippen molar-refractivity contribution in [2.75, 3.05) is 19.3 Å². The molecule has 0 atom stereocenters. The Kier molecular flexibility index (Phi) is 3.52. The van der Waals surface area contributed by atoms with Crippen LogP contribution in [-0.4, -0.2) is 29.4 Å². The molecule has 0 bridgehead atoms. The minimum atomic E-state index is -0.0241. The highest BCUT2D eigenvalue weighted by molar-refractivity contribution is 5.94. The summed E-state index contributed by atoms with van der Waals surface area (Å²) in [6.07, 6.45) is 1.55. The van der Waals surface area contributed by atoms with Crippen LogP contribution >= 0.6 is 0 Å². The van der Waals surface area contributed by atoms with Crippen LogP contribution in [0.15, 0.2) is 18.3 Å². The van der Waals surface area contributed by atoms with Gasteiger partial charge in [-0.1, -0.05) is 20.8 Å². The van der Waals surface area contributed by atoms with Crippen molar-refractivity contribution in [2.24, 2.45) is 5.41 Å². The lowest BCUT2D eigenvalue weighted by molar-refractivity contribution is 0.0745. The van der Waals surface area contributed by atoms with Crippen LogP contribution in [0.5, 0.6) is 0 Å². The summed E-state index contributed by atoms with van der Waals surface area (Å²) in [7, 11) is 1.80. The maximum Gasteiger partial charge on any atom is 0.253 e. The second-order valence-corrected chi connectivity index (χ2v) is 5.19. The highest BCUT2D eigenvalue weighted by Gasteiger charge is 2.18. The average Bonchev–Trinajstić information content (AvgIpc) is 2.14. The first kappa shape index (κ1) is 12.5. The molecule has 1 aromatic rings. The van der Waals surface area contributed by atoms with Crippen molar-refractivity contribution in [2.45, 2.75) is 20.8 Å². The van der Waals surface area contributed by atoms with Gasteiger partial charge in [0.1, 0.15) is 5.82 Å². The number of hydrogen-bond acceptors (Lipinski definition) is 3. The van der Waals surface area contributed by atoms with E-state index in [0.29, 0.717) is 17.9 Å². The Bertz CT molecular complexity index is 382. The van der Waals surface area contributed by atoms with Gasteiger partial charge in [0.15, 0.2) is 0 Å². The van der Waals surface area contributed by atoms with E-state index in [-0.39, 0.29) is 11.3 Å². The van der Waals surface area contributed by atoms with Gasteiger partial charge in [0, 0.05) is 25.4 Å². The molecule has 1 rings (SSSR count). The second-order valence-electron chi connectivity index (χ2n) is 5.19. The number of nitrogens with two attached hydrogens (primary N) is 1. The number of carbonyl (C=O) groups is 1. The molecule has 2 N–H and O–H groups in total. The van der Waals surface area contributed by atoms with Gasteiger partial charge in [-0.2, -0.15) is 0 Å². The second kappa shape index (κ2) is 4.51. The molecule has 4 heteroatoms. The molecular weight excluding hydrogens is 202 g/mol. The van der Waals surface area contributed by atoms with Gasteiger partial charge in [0.05, 0.1) is 0 Å². The van der Waals surface area contributed by atoms with Gasteiger partial charge in [-0.3, -0.25) is 4.79 Å². The number of nitrogen functional groups attached to an aromatic ring is 1. The molecule has 1 aromatic heterocycles. The first-order chi connectivity index (χ1) is 7.29. The van der Waals surface area contributed by atoms with Crippen molar-refractivity contribution in [1.29, 1.82) is 0 Å². The summed E-state index contributed by atoms with van der Waals surface area (Å²) in [6.45, 7) is 6.99. The number of amides is 1. The molecule has 16 heavy (non-hydrogen) atoms. The van der Waals surface area contributed by atoms with Gasteiger partial charge in [0.25, 0.3) is 5.91 Å². The van der Waals surface area contributed by atoms with Gasteiger partial charge >= 0.3 is 0 Å². The molecule has 1 amide bonds. The van der Waals surface area contributed by atoms with E-state index >= 15 is 0 Å². The SMILES string of the molecule is CN(CC(C)(C)C)C(=O)c1ccnc(N)c1. The number of hydrogen-bond donors (Lipinski definition) is 1. The van der Waals surface area contributed by atoms with Gasteiger partial charge in [0.2, 0.25) is 0 Å². The fourth-order valence-electron chi connectivity index (χ4n) is 1.59. The smallest absolute Gasteiger partial charge is 0.253 e. The zero-order chi connectivity index (χ0) is 12.3. The molecule has 0 unspecified atom stereocenters. The number of anilines is 1. The van der Waals surface area contributed by atoms with Crippen LogP contribution in [0.3, 0.4) is 0 Å². The van der Waals surface area contributed by atoms with Crippen molar-refractivity contribution < 1.29 is 4.79 Å². The van der Waals surface area contributed by atoms with E-state index in [1.165, 1.54) is 0 Å². The molecule has 0 radical (unpaired) electrons. The van der Waals surface area contributed by atoms with E-state index < -0.39 is 0 Å². The molecule has 88 valence electrons. The number of carbonyl (C=O) groups excluding carboxylic acids is 1. The van der Waals surface area contributed by atoms with Crippen LogP contribution in [0.2, 0.25) is 0 Å². The largest absolute Gasteiger partial charge is 0.384 e.